The van der Waals surface area contributed by atoms with E-state index in [1.54, 1.807) is 6.92 Å². The molecule has 0 saturated carbocycles. The number of likely N-dealkylation sites (tertiary alicyclic amines) is 1. The molecule has 6 nitrogen and oxygen atoms in total. The molecule has 3 rings (SSSR count). The van der Waals surface area contributed by atoms with Gasteiger partial charge in [-0.25, -0.2) is 0 Å². The largest absolute Gasteiger partial charge is 0.352 e. The lowest BCUT2D eigenvalue weighted by molar-refractivity contribution is -0.130. The van der Waals surface area contributed by atoms with Crippen LogP contribution in [0, 0.1) is 22.7 Å². The number of amides is 2. The van der Waals surface area contributed by atoms with E-state index in [0.29, 0.717) is 24.4 Å². The Morgan fingerprint density at radius 3 is 2.17 bits per heavy atom. The van der Waals surface area contributed by atoms with Gasteiger partial charge in [-0.15, -0.1) is 0 Å². The molecule has 0 bridgehead atoms. The summed E-state index contributed by atoms with van der Waals surface area (Å²) in [6.45, 7) is 10.1. The Hall–Kier alpha value is -3.17. The lowest BCUT2D eigenvalue weighted by Gasteiger charge is -2.35. The Labute approximate surface area is 209 Å². The van der Waals surface area contributed by atoms with Crippen molar-refractivity contribution in [3.05, 3.63) is 71.3 Å². The molecular weight excluding hydrogens is 436 g/mol. The second-order valence-electron chi connectivity index (χ2n) is 10.6. The summed E-state index contributed by atoms with van der Waals surface area (Å²) in [5.41, 5.74) is 2.71. The highest BCUT2D eigenvalue weighted by molar-refractivity contribution is 5.77. The van der Waals surface area contributed by atoms with Gasteiger partial charge >= 0.3 is 0 Å². The van der Waals surface area contributed by atoms with Gasteiger partial charge in [-0.2, -0.15) is 5.26 Å². The fraction of sp³-hybridized carbons (Fsp3) is 0.483. The van der Waals surface area contributed by atoms with Crippen LogP contribution >= 0.6 is 0 Å². The first-order chi connectivity index (χ1) is 16.7. The highest BCUT2D eigenvalue weighted by Gasteiger charge is 2.29. The standard InChI is InChI=1S/C29H38N4O2/c1-21(34)33-16-14-22(15-17-33)18-27(35)32-26(29(2,3)4)20-31-28(24-8-6-5-7-9-24)25-12-10-23(19-30)11-13-25/h5-13,22,26,28,31H,14-18,20H2,1-4H3,(H,32,35)/t26-,28?/m1/s1. The van der Waals surface area contributed by atoms with Crippen molar-refractivity contribution in [2.75, 3.05) is 19.6 Å². The first kappa shape index (κ1) is 26.4. The van der Waals surface area contributed by atoms with Crippen molar-refractivity contribution in [1.29, 1.82) is 5.26 Å². The number of carbonyl (C=O) groups is 2. The molecule has 0 radical (unpaired) electrons. The van der Waals surface area contributed by atoms with Crippen LogP contribution in [0.15, 0.2) is 54.6 Å². The maximum Gasteiger partial charge on any atom is 0.220 e. The van der Waals surface area contributed by atoms with Crippen molar-refractivity contribution < 1.29 is 9.59 Å². The SMILES string of the molecule is CC(=O)N1CCC(CC(=O)N[C@H](CNC(c2ccccc2)c2ccc(C#N)cc2)C(C)(C)C)CC1. The maximum atomic E-state index is 13.0. The molecule has 1 aliphatic rings. The fourth-order valence-corrected chi connectivity index (χ4v) is 4.60. The average Bonchev–Trinajstić information content (AvgIpc) is 2.84. The van der Waals surface area contributed by atoms with Gasteiger partial charge in [0.25, 0.3) is 0 Å². The minimum atomic E-state index is -0.132. The maximum absolute atomic E-state index is 13.0. The van der Waals surface area contributed by atoms with Gasteiger partial charge < -0.3 is 15.5 Å². The van der Waals surface area contributed by atoms with E-state index in [1.165, 1.54) is 0 Å². The van der Waals surface area contributed by atoms with Crippen molar-refractivity contribution in [3.63, 3.8) is 0 Å². The Morgan fingerprint density at radius 2 is 1.63 bits per heavy atom. The van der Waals surface area contributed by atoms with Crippen molar-refractivity contribution in [2.24, 2.45) is 11.3 Å². The molecular formula is C29H38N4O2. The van der Waals surface area contributed by atoms with Gasteiger partial charge in [-0.05, 0) is 47.4 Å². The number of benzene rings is 2. The van der Waals surface area contributed by atoms with Crippen LogP contribution in [0.3, 0.4) is 0 Å². The number of piperidine rings is 1. The summed E-state index contributed by atoms with van der Waals surface area (Å²) < 4.78 is 0. The minimum Gasteiger partial charge on any atom is -0.352 e. The Bertz CT molecular complexity index is 1010. The molecule has 0 aromatic heterocycles. The summed E-state index contributed by atoms with van der Waals surface area (Å²) in [5, 5.41) is 16.1. The molecule has 2 N–H and O–H groups in total. The van der Waals surface area contributed by atoms with Crippen LogP contribution in [-0.4, -0.2) is 42.4 Å². The van der Waals surface area contributed by atoms with Gasteiger partial charge in [0.2, 0.25) is 11.8 Å². The van der Waals surface area contributed by atoms with Crippen LogP contribution in [-0.2, 0) is 9.59 Å². The second kappa shape index (κ2) is 12.0. The molecule has 0 aliphatic carbocycles. The first-order valence-corrected chi connectivity index (χ1v) is 12.5. The van der Waals surface area contributed by atoms with Crippen LogP contribution in [0.5, 0.6) is 0 Å². The summed E-state index contributed by atoms with van der Waals surface area (Å²) in [6, 6.07) is 19.9. The second-order valence-corrected chi connectivity index (χ2v) is 10.6. The molecule has 1 unspecified atom stereocenters. The predicted octanol–water partition coefficient (Wildman–Crippen LogP) is 4.42. The number of carbonyl (C=O) groups excluding carboxylic acids is 2. The average molecular weight is 475 g/mol. The van der Waals surface area contributed by atoms with Gasteiger partial charge in [0.1, 0.15) is 0 Å². The quantitative estimate of drug-likeness (QED) is 0.593. The number of rotatable bonds is 8. The topological polar surface area (TPSA) is 85.2 Å². The summed E-state index contributed by atoms with van der Waals surface area (Å²) in [5.74, 6) is 0.500. The Kier molecular flexibility index (Phi) is 9.06. The van der Waals surface area contributed by atoms with Crippen molar-refractivity contribution in [2.45, 2.75) is 59.0 Å². The van der Waals surface area contributed by atoms with E-state index in [4.69, 9.17) is 5.26 Å². The molecule has 2 amide bonds. The monoisotopic (exact) mass is 474 g/mol. The predicted molar refractivity (Wildman–Crippen MR) is 138 cm³/mol. The zero-order valence-electron chi connectivity index (χ0n) is 21.4. The van der Waals surface area contributed by atoms with Gasteiger partial charge in [-0.1, -0.05) is 63.2 Å². The third-order valence-electron chi connectivity index (χ3n) is 6.95. The summed E-state index contributed by atoms with van der Waals surface area (Å²) in [6.07, 6.45) is 2.25. The van der Waals surface area contributed by atoms with Crippen molar-refractivity contribution in [3.8, 4) is 6.07 Å². The van der Waals surface area contributed by atoms with E-state index in [-0.39, 0.29) is 29.3 Å². The molecule has 1 heterocycles. The zero-order chi connectivity index (χ0) is 25.4. The molecule has 0 spiro atoms. The van der Waals surface area contributed by atoms with E-state index in [2.05, 4.69) is 49.6 Å². The Morgan fingerprint density at radius 1 is 1.03 bits per heavy atom. The third kappa shape index (κ3) is 7.66. The van der Waals surface area contributed by atoms with E-state index in [0.717, 1.165) is 37.1 Å². The normalized spacial score (nSPS) is 16.3. The summed E-state index contributed by atoms with van der Waals surface area (Å²) >= 11 is 0. The molecule has 6 heteroatoms. The molecule has 1 saturated heterocycles. The van der Waals surface area contributed by atoms with Gasteiger partial charge in [0.15, 0.2) is 0 Å². The van der Waals surface area contributed by atoms with Gasteiger partial charge in [0.05, 0.1) is 17.7 Å². The van der Waals surface area contributed by atoms with Crippen LogP contribution in [0.4, 0.5) is 0 Å². The van der Waals surface area contributed by atoms with Crippen molar-refractivity contribution >= 4 is 11.8 Å². The summed E-state index contributed by atoms with van der Waals surface area (Å²) in [4.78, 5) is 26.4. The van der Waals surface area contributed by atoms with E-state index in [9.17, 15) is 9.59 Å². The molecule has 1 fully saturated rings. The van der Waals surface area contributed by atoms with E-state index < -0.39 is 0 Å². The number of hydrogen-bond donors (Lipinski definition) is 2. The van der Waals surface area contributed by atoms with Crippen LogP contribution in [0.25, 0.3) is 0 Å². The highest BCUT2D eigenvalue weighted by atomic mass is 16.2. The number of nitriles is 1. The lowest BCUT2D eigenvalue weighted by atomic mass is 9.85. The lowest BCUT2D eigenvalue weighted by Crippen LogP contribution is -2.50. The number of nitrogens with one attached hydrogen (secondary N) is 2. The first-order valence-electron chi connectivity index (χ1n) is 12.5. The molecule has 1 aliphatic heterocycles. The molecule has 186 valence electrons. The smallest absolute Gasteiger partial charge is 0.220 e. The van der Waals surface area contributed by atoms with Gasteiger partial charge in [0, 0.05) is 39.0 Å². The summed E-state index contributed by atoms with van der Waals surface area (Å²) in [7, 11) is 0. The van der Waals surface area contributed by atoms with Crippen LogP contribution < -0.4 is 10.6 Å². The van der Waals surface area contributed by atoms with Gasteiger partial charge in [-0.3, -0.25) is 9.59 Å². The molecule has 2 aromatic carbocycles. The highest BCUT2D eigenvalue weighted by Crippen LogP contribution is 2.26. The molecule has 2 aromatic rings. The van der Waals surface area contributed by atoms with Crippen molar-refractivity contribution in [1.82, 2.24) is 15.5 Å². The van der Waals surface area contributed by atoms with E-state index in [1.807, 2.05) is 47.4 Å². The van der Waals surface area contributed by atoms with Crippen LogP contribution in [0.1, 0.15) is 69.7 Å². The van der Waals surface area contributed by atoms with Crippen LogP contribution in [0.2, 0.25) is 0 Å². The number of hydrogen-bond acceptors (Lipinski definition) is 4. The van der Waals surface area contributed by atoms with E-state index >= 15 is 0 Å². The fourth-order valence-electron chi connectivity index (χ4n) is 4.60. The number of nitrogens with zero attached hydrogens (tertiary/aromatic N) is 2. The minimum absolute atomic E-state index is 0.0541. The molecule has 2 atom stereocenters. The third-order valence-corrected chi connectivity index (χ3v) is 6.95. The Balaban J connectivity index is 1.66. The molecule has 35 heavy (non-hydrogen) atoms. The zero-order valence-corrected chi connectivity index (χ0v) is 21.4.